The Morgan fingerprint density at radius 3 is 2.86 bits per heavy atom. The van der Waals surface area contributed by atoms with Crippen LogP contribution in [0.1, 0.15) is 16.1 Å². The summed E-state index contributed by atoms with van der Waals surface area (Å²) in [6, 6.07) is 12.9. The number of fused-ring (bicyclic) bond motifs is 2. The van der Waals surface area contributed by atoms with Crippen molar-refractivity contribution < 1.29 is 0 Å². The first-order valence-electron chi connectivity index (χ1n) is 7.19. The molecule has 2 aromatic carbocycles. The van der Waals surface area contributed by atoms with Gasteiger partial charge in [0.25, 0.3) is 0 Å². The monoisotopic (exact) mass is 295 g/mol. The molecule has 0 radical (unpaired) electrons. The highest BCUT2D eigenvalue weighted by atomic mass is 32.1. The SMILES string of the molecule is Cc1nc2cc(N3CCc4ccccc4C3)c(N)cc2s1. The summed E-state index contributed by atoms with van der Waals surface area (Å²) in [7, 11) is 0. The average Bonchev–Trinajstić information content (AvgIpc) is 2.85. The van der Waals surface area contributed by atoms with Crippen LogP contribution in [-0.4, -0.2) is 11.5 Å². The van der Waals surface area contributed by atoms with Crippen LogP contribution in [0.3, 0.4) is 0 Å². The number of anilines is 2. The van der Waals surface area contributed by atoms with Gasteiger partial charge in [-0.1, -0.05) is 24.3 Å². The Morgan fingerprint density at radius 1 is 1.19 bits per heavy atom. The molecule has 4 heteroatoms. The predicted molar refractivity (Wildman–Crippen MR) is 90.0 cm³/mol. The summed E-state index contributed by atoms with van der Waals surface area (Å²) >= 11 is 1.70. The lowest BCUT2D eigenvalue weighted by Gasteiger charge is -2.31. The number of thiazole rings is 1. The van der Waals surface area contributed by atoms with Crippen LogP contribution in [0, 0.1) is 6.92 Å². The Bertz CT molecular complexity index is 822. The second-order valence-corrected chi connectivity index (χ2v) is 6.79. The number of nitrogens with zero attached hydrogens (tertiary/aromatic N) is 2. The van der Waals surface area contributed by atoms with Gasteiger partial charge in [-0.15, -0.1) is 11.3 Å². The molecule has 4 rings (SSSR count). The molecule has 3 nitrogen and oxygen atoms in total. The third-order valence-corrected chi connectivity index (χ3v) is 5.05. The first-order valence-corrected chi connectivity index (χ1v) is 8.01. The molecule has 1 aromatic heterocycles. The summed E-state index contributed by atoms with van der Waals surface area (Å²) in [6.45, 7) is 3.97. The number of rotatable bonds is 1. The first kappa shape index (κ1) is 12.7. The molecule has 0 fully saturated rings. The summed E-state index contributed by atoms with van der Waals surface area (Å²) in [6.07, 6.45) is 1.07. The van der Waals surface area contributed by atoms with Gasteiger partial charge in [0.15, 0.2) is 0 Å². The molecule has 0 spiro atoms. The smallest absolute Gasteiger partial charge is 0.0907 e. The van der Waals surface area contributed by atoms with Gasteiger partial charge in [0.05, 0.1) is 26.6 Å². The first-order chi connectivity index (χ1) is 10.2. The second kappa shape index (κ2) is 4.74. The number of aryl methyl sites for hydroxylation is 1. The fourth-order valence-electron chi connectivity index (χ4n) is 3.07. The van der Waals surface area contributed by atoms with Gasteiger partial charge in [-0.25, -0.2) is 4.98 Å². The van der Waals surface area contributed by atoms with Gasteiger partial charge < -0.3 is 10.6 Å². The van der Waals surface area contributed by atoms with Crippen LogP contribution in [0.5, 0.6) is 0 Å². The number of benzene rings is 2. The Balaban J connectivity index is 1.75. The zero-order chi connectivity index (χ0) is 14.4. The lowest BCUT2D eigenvalue weighted by molar-refractivity contribution is 0.733. The second-order valence-electron chi connectivity index (χ2n) is 5.55. The van der Waals surface area contributed by atoms with Gasteiger partial charge in [0, 0.05) is 13.1 Å². The molecule has 0 unspecified atom stereocenters. The molecule has 0 bridgehead atoms. The van der Waals surface area contributed by atoms with Crippen molar-refractivity contribution >= 4 is 32.9 Å². The molecule has 2 N–H and O–H groups in total. The van der Waals surface area contributed by atoms with Crippen molar-refractivity contribution in [2.75, 3.05) is 17.2 Å². The van der Waals surface area contributed by atoms with E-state index < -0.39 is 0 Å². The van der Waals surface area contributed by atoms with E-state index in [0.29, 0.717) is 0 Å². The summed E-state index contributed by atoms with van der Waals surface area (Å²) in [5.74, 6) is 0. The summed E-state index contributed by atoms with van der Waals surface area (Å²) in [4.78, 5) is 6.96. The third kappa shape index (κ3) is 2.16. The quantitative estimate of drug-likeness (QED) is 0.695. The summed E-state index contributed by atoms with van der Waals surface area (Å²) < 4.78 is 1.17. The van der Waals surface area contributed by atoms with E-state index >= 15 is 0 Å². The fourth-order valence-corrected chi connectivity index (χ4v) is 3.93. The standard InChI is InChI=1S/C17H17N3S/c1-11-19-15-9-16(14(18)8-17(15)21-11)20-7-6-12-4-2-3-5-13(12)10-20/h2-5,8-9H,6-7,10,18H2,1H3. The molecular weight excluding hydrogens is 278 g/mol. The molecular formula is C17H17N3S. The van der Waals surface area contributed by atoms with Crippen LogP contribution >= 0.6 is 11.3 Å². The third-order valence-electron chi connectivity index (χ3n) is 4.12. The maximum Gasteiger partial charge on any atom is 0.0907 e. The Kier molecular flexibility index (Phi) is 2.86. The number of nitrogens with two attached hydrogens (primary N) is 1. The average molecular weight is 295 g/mol. The molecule has 1 aliphatic rings. The summed E-state index contributed by atoms with van der Waals surface area (Å²) in [5, 5.41) is 1.09. The summed E-state index contributed by atoms with van der Waals surface area (Å²) in [5.41, 5.74) is 12.2. The van der Waals surface area contributed by atoms with Crippen molar-refractivity contribution in [3.63, 3.8) is 0 Å². The molecule has 1 aliphatic heterocycles. The van der Waals surface area contributed by atoms with E-state index in [4.69, 9.17) is 5.73 Å². The lowest BCUT2D eigenvalue weighted by Crippen LogP contribution is -2.30. The normalized spacial score (nSPS) is 14.4. The van der Waals surface area contributed by atoms with E-state index in [9.17, 15) is 0 Å². The Labute approximate surface area is 128 Å². The highest BCUT2D eigenvalue weighted by Gasteiger charge is 2.18. The highest BCUT2D eigenvalue weighted by Crippen LogP contribution is 2.34. The van der Waals surface area contributed by atoms with Gasteiger partial charge in [-0.3, -0.25) is 0 Å². The molecule has 0 amide bonds. The zero-order valence-electron chi connectivity index (χ0n) is 12.0. The number of nitrogen functional groups attached to an aromatic ring is 1. The van der Waals surface area contributed by atoms with Gasteiger partial charge in [0.1, 0.15) is 0 Å². The molecule has 0 aliphatic carbocycles. The van der Waals surface area contributed by atoms with Gasteiger partial charge >= 0.3 is 0 Å². The van der Waals surface area contributed by atoms with Gasteiger partial charge in [-0.05, 0) is 36.6 Å². The molecule has 21 heavy (non-hydrogen) atoms. The van der Waals surface area contributed by atoms with Crippen molar-refractivity contribution in [1.29, 1.82) is 0 Å². The van der Waals surface area contributed by atoms with Crippen LogP contribution in [0.2, 0.25) is 0 Å². The van der Waals surface area contributed by atoms with Crippen LogP contribution < -0.4 is 10.6 Å². The number of hydrogen-bond donors (Lipinski definition) is 1. The van der Waals surface area contributed by atoms with Crippen molar-refractivity contribution in [1.82, 2.24) is 4.98 Å². The Hall–Kier alpha value is -2.07. The van der Waals surface area contributed by atoms with Crippen molar-refractivity contribution in [2.45, 2.75) is 19.9 Å². The predicted octanol–water partition coefficient (Wildman–Crippen LogP) is 3.75. The maximum absolute atomic E-state index is 6.28. The number of aromatic nitrogens is 1. The van der Waals surface area contributed by atoms with Crippen LogP contribution in [-0.2, 0) is 13.0 Å². The number of hydrogen-bond acceptors (Lipinski definition) is 4. The van der Waals surface area contributed by atoms with Crippen molar-refractivity contribution in [2.24, 2.45) is 0 Å². The van der Waals surface area contributed by atoms with Crippen LogP contribution in [0.4, 0.5) is 11.4 Å². The van der Waals surface area contributed by atoms with E-state index in [-0.39, 0.29) is 0 Å². The topological polar surface area (TPSA) is 42.2 Å². The molecule has 0 saturated carbocycles. The molecule has 2 heterocycles. The van der Waals surface area contributed by atoms with Crippen molar-refractivity contribution in [3.8, 4) is 0 Å². The van der Waals surface area contributed by atoms with Gasteiger partial charge in [-0.2, -0.15) is 0 Å². The minimum atomic E-state index is 0.852. The van der Waals surface area contributed by atoms with E-state index in [0.717, 1.165) is 41.4 Å². The minimum absolute atomic E-state index is 0.852. The van der Waals surface area contributed by atoms with Gasteiger partial charge in [0.2, 0.25) is 0 Å². The van der Waals surface area contributed by atoms with Crippen LogP contribution in [0.25, 0.3) is 10.2 Å². The van der Waals surface area contributed by atoms with E-state index in [1.807, 2.05) is 6.92 Å². The largest absolute Gasteiger partial charge is 0.397 e. The van der Waals surface area contributed by atoms with Crippen molar-refractivity contribution in [3.05, 3.63) is 52.5 Å². The minimum Gasteiger partial charge on any atom is -0.397 e. The van der Waals surface area contributed by atoms with E-state index in [1.165, 1.54) is 15.8 Å². The maximum atomic E-state index is 6.28. The fraction of sp³-hybridized carbons (Fsp3) is 0.235. The Morgan fingerprint density at radius 2 is 2.00 bits per heavy atom. The molecule has 0 atom stereocenters. The lowest BCUT2D eigenvalue weighted by atomic mass is 9.99. The molecule has 106 valence electrons. The molecule has 0 saturated heterocycles. The molecule has 3 aromatic rings. The highest BCUT2D eigenvalue weighted by molar-refractivity contribution is 7.18. The van der Waals surface area contributed by atoms with E-state index in [2.05, 4.69) is 46.3 Å². The zero-order valence-corrected chi connectivity index (χ0v) is 12.8. The van der Waals surface area contributed by atoms with Crippen LogP contribution in [0.15, 0.2) is 36.4 Å². The van der Waals surface area contributed by atoms with E-state index in [1.54, 1.807) is 11.3 Å².